The van der Waals surface area contributed by atoms with E-state index in [4.69, 9.17) is 14.2 Å². The Kier molecular flexibility index (Phi) is 48.2. The lowest BCUT2D eigenvalue weighted by molar-refractivity contribution is -0.167. The van der Waals surface area contributed by atoms with Crippen LogP contribution >= 0.6 is 0 Å². The van der Waals surface area contributed by atoms with Gasteiger partial charge in [-0.15, -0.1) is 0 Å². The molecule has 0 saturated carbocycles. The van der Waals surface area contributed by atoms with Gasteiger partial charge in [0.15, 0.2) is 6.10 Å². The van der Waals surface area contributed by atoms with Gasteiger partial charge in [0.25, 0.3) is 0 Å². The van der Waals surface area contributed by atoms with E-state index < -0.39 is 6.10 Å². The molecule has 0 fully saturated rings. The Bertz CT molecular complexity index is 1420. The molecule has 0 aromatic carbocycles. The summed E-state index contributed by atoms with van der Waals surface area (Å²) < 4.78 is 16.7. The molecule has 6 nitrogen and oxygen atoms in total. The third-order valence-corrected chi connectivity index (χ3v) is 9.82. The number of carbonyl (C=O) groups is 3. The molecule has 65 heavy (non-hydrogen) atoms. The minimum Gasteiger partial charge on any atom is -0.462 e. The lowest BCUT2D eigenvalue weighted by Crippen LogP contribution is -2.30. The zero-order valence-corrected chi connectivity index (χ0v) is 41.2. The average Bonchev–Trinajstić information content (AvgIpc) is 3.30. The van der Waals surface area contributed by atoms with Gasteiger partial charge >= 0.3 is 17.9 Å². The number of unbranched alkanes of at least 4 members (excludes halogenated alkanes) is 8. The zero-order chi connectivity index (χ0) is 47.2. The van der Waals surface area contributed by atoms with Gasteiger partial charge < -0.3 is 14.2 Å². The van der Waals surface area contributed by atoms with Gasteiger partial charge in [0.1, 0.15) is 13.2 Å². The standard InChI is InChI=1S/C59H90O6/c1-4-7-10-13-16-19-22-25-28-29-32-35-38-41-44-47-50-53-59(62)65-56(54-63-57(60)51-48-45-42-39-36-33-30-26-23-20-17-14-11-8-5-2)55-64-58(61)52-49-46-43-40-37-34-31-27-24-21-18-15-12-9-6-3/h7-12,16-21,25-28,30-32,35-37,39-40,56H,4-6,13-15,22-24,29,33-34,38,41-55H2,1-3H3/b10-7-,11-8-,12-9-,19-16-,20-17-,21-18-,28-25-,30-26-,31-27-,35-32-,39-36-,40-37-. The highest BCUT2D eigenvalue weighted by Gasteiger charge is 2.19. The molecule has 362 valence electrons. The van der Waals surface area contributed by atoms with Crippen molar-refractivity contribution in [1.29, 1.82) is 0 Å². The highest BCUT2D eigenvalue weighted by molar-refractivity contribution is 5.71. The molecule has 0 unspecified atom stereocenters. The number of carbonyl (C=O) groups excluding carboxylic acids is 3. The molecule has 0 amide bonds. The smallest absolute Gasteiger partial charge is 0.306 e. The predicted octanol–water partition coefficient (Wildman–Crippen LogP) is 16.9. The van der Waals surface area contributed by atoms with E-state index in [2.05, 4.69) is 167 Å². The highest BCUT2D eigenvalue weighted by atomic mass is 16.6. The molecule has 0 aliphatic carbocycles. The highest BCUT2D eigenvalue weighted by Crippen LogP contribution is 2.11. The predicted molar refractivity (Wildman–Crippen MR) is 279 cm³/mol. The molecule has 0 N–H and O–H groups in total. The van der Waals surface area contributed by atoms with Crippen molar-refractivity contribution < 1.29 is 28.6 Å². The number of allylic oxidation sites excluding steroid dienone is 24. The van der Waals surface area contributed by atoms with Crippen molar-refractivity contribution >= 4 is 17.9 Å². The van der Waals surface area contributed by atoms with Gasteiger partial charge in [-0.2, -0.15) is 0 Å². The first-order valence-corrected chi connectivity index (χ1v) is 25.3. The molecule has 6 heteroatoms. The zero-order valence-electron chi connectivity index (χ0n) is 41.2. The van der Waals surface area contributed by atoms with Crippen LogP contribution in [0.5, 0.6) is 0 Å². The van der Waals surface area contributed by atoms with Crippen LogP contribution in [0, 0.1) is 0 Å². The van der Waals surface area contributed by atoms with E-state index in [1.807, 2.05) is 0 Å². The molecule has 0 heterocycles. The Morgan fingerprint density at radius 3 is 0.877 bits per heavy atom. The second-order valence-corrected chi connectivity index (χ2v) is 15.9. The molecular weight excluding hydrogens is 805 g/mol. The molecule has 0 rings (SSSR count). The lowest BCUT2D eigenvalue weighted by atomic mass is 10.1. The van der Waals surface area contributed by atoms with Crippen LogP contribution < -0.4 is 0 Å². The van der Waals surface area contributed by atoms with E-state index in [0.717, 1.165) is 135 Å². The van der Waals surface area contributed by atoms with E-state index in [1.54, 1.807) is 0 Å². The van der Waals surface area contributed by atoms with Crippen LogP contribution in [-0.2, 0) is 28.6 Å². The van der Waals surface area contributed by atoms with Crippen molar-refractivity contribution in [3.8, 4) is 0 Å². The van der Waals surface area contributed by atoms with Crippen molar-refractivity contribution in [2.24, 2.45) is 0 Å². The number of hydrogen-bond acceptors (Lipinski definition) is 6. The Hall–Kier alpha value is -4.71. The molecule has 0 aliphatic heterocycles. The fourth-order valence-electron chi connectivity index (χ4n) is 6.12. The third kappa shape index (κ3) is 50.2. The Labute approximate surface area is 397 Å². The number of hydrogen-bond donors (Lipinski definition) is 0. The molecule has 0 spiro atoms. The summed E-state index contributed by atoms with van der Waals surface area (Å²) in [5, 5.41) is 0. The summed E-state index contributed by atoms with van der Waals surface area (Å²) in [6.45, 7) is 6.17. The van der Waals surface area contributed by atoms with E-state index in [9.17, 15) is 14.4 Å². The van der Waals surface area contributed by atoms with Crippen molar-refractivity contribution in [3.05, 3.63) is 146 Å². The van der Waals surface area contributed by atoms with Crippen LogP contribution in [0.15, 0.2) is 146 Å². The summed E-state index contributed by atoms with van der Waals surface area (Å²) >= 11 is 0. The van der Waals surface area contributed by atoms with E-state index in [-0.39, 0.29) is 50.4 Å². The van der Waals surface area contributed by atoms with Crippen LogP contribution in [0.1, 0.15) is 188 Å². The van der Waals surface area contributed by atoms with Gasteiger partial charge in [0, 0.05) is 19.3 Å². The van der Waals surface area contributed by atoms with Gasteiger partial charge in [-0.05, 0) is 135 Å². The topological polar surface area (TPSA) is 78.9 Å². The molecule has 0 saturated heterocycles. The fraction of sp³-hybridized carbons (Fsp3) is 0.542. The molecule has 0 aromatic heterocycles. The fourth-order valence-corrected chi connectivity index (χ4v) is 6.12. The lowest BCUT2D eigenvalue weighted by Gasteiger charge is -2.18. The van der Waals surface area contributed by atoms with E-state index in [1.165, 1.54) is 0 Å². The summed E-state index contributed by atoms with van der Waals surface area (Å²) in [5.74, 6) is -1.05. The Morgan fingerprint density at radius 1 is 0.308 bits per heavy atom. The third-order valence-electron chi connectivity index (χ3n) is 9.82. The van der Waals surface area contributed by atoms with Crippen LogP contribution in [0.25, 0.3) is 0 Å². The van der Waals surface area contributed by atoms with Crippen LogP contribution in [-0.4, -0.2) is 37.2 Å². The van der Waals surface area contributed by atoms with Gasteiger partial charge in [0.05, 0.1) is 0 Å². The maximum absolute atomic E-state index is 12.8. The molecular formula is C59H90O6. The summed E-state index contributed by atoms with van der Waals surface area (Å²) in [6, 6.07) is 0. The largest absolute Gasteiger partial charge is 0.462 e. The Morgan fingerprint density at radius 2 is 0.554 bits per heavy atom. The van der Waals surface area contributed by atoms with Crippen molar-refractivity contribution in [1.82, 2.24) is 0 Å². The molecule has 0 aliphatic rings. The van der Waals surface area contributed by atoms with Crippen LogP contribution in [0.3, 0.4) is 0 Å². The first-order chi connectivity index (χ1) is 32.0. The summed E-state index contributed by atoms with van der Waals surface area (Å²) in [5.41, 5.74) is 0. The Balaban J connectivity index is 4.61. The molecule has 0 bridgehead atoms. The molecule has 0 radical (unpaired) electrons. The number of esters is 3. The normalized spacial score (nSPS) is 12.9. The van der Waals surface area contributed by atoms with Gasteiger partial charge in [-0.3, -0.25) is 14.4 Å². The summed E-state index contributed by atoms with van der Waals surface area (Å²) in [6.07, 6.45) is 74.0. The van der Waals surface area contributed by atoms with Crippen molar-refractivity contribution in [3.63, 3.8) is 0 Å². The van der Waals surface area contributed by atoms with Crippen LogP contribution in [0.2, 0.25) is 0 Å². The first-order valence-electron chi connectivity index (χ1n) is 25.3. The minimum atomic E-state index is -0.831. The van der Waals surface area contributed by atoms with Crippen molar-refractivity contribution in [2.75, 3.05) is 13.2 Å². The molecule has 0 aromatic rings. The second-order valence-electron chi connectivity index (χ2n) is 15.9. The SMILES string of the molecule is CC/C=C\C/C=C\C/C=C\C/C=C\CCCCCCC(=O)OC(COC(=O)CCCC/C=C\C/C=C\C/C=C\C/C=C\CC)COC(=O)CCCC/C=C\C/C=C\C/C=C\C/C=C\CC. The quantitative estimate of drug-likeness (QED) is 0.0263. The minimum absolute atomic E-state index is 0.130. The summed E-state index contributed by atoms with van der Waals surface area (Å²) in [4.78, 5) is 38.0. The van der Waals surface area contributed by atoms with Crippen LogP contribution in [0.4, 0.5) is 0 Å². The van der Waals surface area contributed by atoms with E-state index in [0.29, 0.717) is 12.8 Å². The number of rotatable bonds is 43. The average molecular weight is 895 g/mol. The maximum Gasteiger partial charge on any atom is 0.306 e. The van der Waals surface area contributed by atoms with Gasteiger partial charge in [-0.25, -0.2) is 0 Å². The summed E-state index contributed by atoms with van der Waals surface area (Å²) in [7, 11) is 0. The van der Waals surface area contributed by atoms with Gasteiger partial charge in [-0.1, -0.05) is 179 Å². The number of ether oxygens (including phenoxy) is 3. The maximum atomic E-state index is 12.8. The van der Waals surface area contributed by atoms with Crippen molar-refractivity contribution in [2.45, 2.75) is 194 Å². The monoisotopic (exact) mass is 895 g/mol. The van der Waals surface area contributed by atoms with Gasteiger partial charge in [0.2, 0.25) is 0 Å². The first kappa shape index (κ1) is 60.3. The second kappa shape index (κ2) is 51.9. The van der Waals surface area contributed by atoms with E-state index >= 15 is 0 Å². The molecule has 0 atom stereocenters.